The Labute approximate surface area is 82.5 Å². The number of halogens is 3. The summed E-state index contributed by atoms with van der Waals surface area (Å²) in [4.78, 5) is 2.08. The molecule has 0 saturated carbocycles. The van der Waals surface area contributed by atoms with E-state index in [4.69, 9.17) is 0 Å². The summed E-state index contributed by atoms with van der Waals surface area (Å²) in [6.07, 6.45) is -4.78. The van der Waals surface area contributed by atoms with Crippen LogP contribution in [0.4, 0.5) is 13.2 Å². The summed E-state index contributed by atoms with van der Waals surface area (Å²) in [6, 6.07) is -0.112. The summed E-state index contributed by atoms with van der Waals surface area (Å²) in [5.41, 5.74) is 0. The van der Waals surface area contributed by atoms with Crippen LogP contribution in [0, 0.1) is 0 Å². The minimum atomic E-state index is -4.06. The summed E-state index contributed by atoms with van der Waals surface area (Å²) in [7, 11) is 0. The number of hydrogen-bond donors (Lipinski definition) is 1. The largest absolute Gasteiger partial charge is 0.390 e. The van der Waals surface area contributed by atoms with Gasteiger partial charge in [-0.1, -0.05) is 0 Å². The van der Waals surface area contributed by atoms with Crippen molar-refractivity contribution in [3.8, 4) is 0 Å². The van der Waals surface area contributed by atoms with E-state index < -0.39 is 18.6 Å². The Kier molecular flexibility index (Phi) is 3.78. The van der Waals surface area contributed by atoms with Crippen LogP contribution in [-0.2, 0) is 0 Å². The minimum absolute atomic E-state index is 0.327. The fourth-order valence-corrected chi connectivity index (χ4v) is 1.74. The summed E-state index contributed by atoms with van der Waals surface area (Å²) < 4.78 is 36.3. The first-order valence-corrected chi connectivity index (χ1v) is 4.92. The maximum atomic E-state index is 12.1. The lowest BCUT2D eigenvalue weighted by atomic mass is 10.1. The van der Waals surface area contributed by atoms with Gasteiger partial charge in [0, 0.05) is 31.7 Å². The van der Waals surface area contributed by atoms with Gasteiger partial charge in [0.1, 0.15) is 0 Å². The van der Waals surface area contributed by atoms with Crippen molar-refractivity contribution in [3.05, 3.63) is 0 Å². The van der Waals surface area contributed by atoms with Crippen molar-refractivity contribution in [2.45, 2.75) is 38.5 Å². The van der Waals surface area contributed by atoms with E-state index in [0.717, 1.165) is 6.54 Å². The van der Waals surface area contributed by atoms with Gasteiger partial charge < -0.3 is 5.32 Å². The highest BCUT2D eigenvalue weighted by Gasteiger charge is 2.34. The van der Waals surface area contributed by atoms with Crippen LogP contribution in [0.3, 0.4) is 0 Å². The maximum Gasteiger partial charge on any atom is 0.390 e. The lowest BCUT2D eigenvalue weighted by Crippen LogP contribution is -2.53. The zero-order chi connectivity index (χ0) is 10.8. The molecular weight excluding hydrogens is 193 g/mol. The van der Waals surface area contributed by atoms with E-state index >= 15 is 0 Å². The predicted octanol–water partition coefficient (Wildman–Crippen LogP) is 1.62. The monoisotopic (exact) mass is 210 g/mol. The third-order valence-corrected chi connectivity index (χ3v) is 2.50. The average molecular weight is 210 g/mol. The number of nitrogens with one attached hydrogen (secondary N) is 1. The predicted molar refractivity (Wildman–Crippen MR) is 49.2 cm³/mol. The highest BCUT2D eigenvalue weighted by atomic mass is 19.4. The summed E-state index contributed by atoms with van der Waals surface area (Å²) in [6.45, 7) is 6.01. The fraction of sp³-hybridized carbons (Fsp3) is 1.00. The van der Waals surface area contributed by atoms with E-state index in [2.05, 4.69) is 10.2 Å². The standard InChI is InChI=1S/C9H17F3N2/c1-7(2)14-4-3-13-8(6-14)5-9(10,11)12/h7-8,13H,3-6H2,1-2H3/t8-/m1/s1. The molecule has 0 aromatic heterocycles. The lowest BCUT2D eigenvalue weighted by Gasteiger charge is -2.36. The molecule has 0 spiro atoms. The fourth-order valence-electron chi connectivity index (χ4n) is 1.74. The van der Waals surface area contributed by atoms with Gasteiger partial charge in [-0.3, -0.25) is 4.90 Å². The zero-order valence-corrected chi connectivity index (χ0v) is 8.56. The quantitative estimate of drug-likeness (QED) is 0.745. The Morgan fingerprint density at radius 1 is 1.43 bits per heavy atom. The summed E-state index contributed by atoms with van der Waals surface area (Å²) in [5.74, 6) is 0. The number of hydrogen-bond acceptors (Lipinski definition) is 2. The normalized spacial score (nSPS) is 25.7. The van der Waals surface area contributed by atoms with Crippen molar-refractivity contribution in [1.82, 2.24) is 10.2 Å². The molecule has 0 aliphatic carbocycles. The Morgan fingerprint density at radius 3 is 2.57 bits per heavy atom. The smallest absolute Gasteiger partial charge is 0.311 e. The first kappa shape index (κ1) is 11.8. The first-order valence-electron chi connectivity index (χ1n) is 4.92. The van der Waals surface area contributed by atoms with Crippen LogP contribution in [0.2, 0.25) is 0 Å². The van der Waals surface area contributed by atoms with E-state index in [1.54, 1.807) is 0 Å². The molecule has 0 aromatic carbocycles. The molecule has 0 amide bonds. The molecule has 1 aliphatic heterocycles. The SMILES string of the molecule is CC(C)N1CCN[C@H](CC(F)(F)F)C1. The molecular formula is C9H17F3N2. The van der Waals surface area contributed by atoms with Crippen molar-refractivity contribution < 1.29 is 13.2 Å². The molecule has 1 saturated heterocycles. The van der Waals surface area contributed by atoms with E-state index in [1.165, 1.54) is 0 Å². The van der Waals surface area contributed by atoms with Crippen LogP contribution < -0.4 is 5.32 Å². The number of nitrogens with zero attached hydrogens (tertiary/aromatic N) is 1. The Morgan fingerprint density at radius 2 is 2.07 bits per heavy atom. The van der Waals surface area contributed by atoms with Crippen LogP contribution in [0.15, 0.2) is 0 Å². The van der Waals surface area contributed by atoms with Crippen molar-refractivity contribution >= 4 is 0 Å². The number of alkyl halides is 3. The van der Waals surface area contributed by atoms with Gasteiger partial charge in [-0.25, -0.2) is 0 Å². The summed E-state index contributed by atoms with van der Waals surface area (Å²) in [5, 5.41) is 2.90. The van der Waals surface area contributed by atoms with Crippen LogP contribution in [0.1, 0.15) is 20.3 Å². The Bertz CT molecular complexity index is 179. The topological polar surface area (TPSA) is 15.3 Å². The molecule has 0 bridgehead atoms. The van der Waals surface area contributed by atoms with Crippen LogP contribution in [-0.4, -0.2) is 42.8 Å². The van der Waals surface area contributed by atoms with Gasteiger partial charge in [-0.2, -0.15) is 13.2 Å². The molecule has 84 valence electrons. The van der Waals surface area contributed by atoms with Gasteiger partial charge in [0.05, 0.1) is 6.42 Å². The second-order valence-corrected chi connectivity index (χ2v) is 4.06. The van der Waals surface area contributed by atoms with E-state index in [-0.39, 0.29) is 0 Å². The van der Waals surface area contributed by atoms with Crippen molar-refractivity contribution in [2.75, 3.05) is 19.6 Å². The molecule has 0 radical (unpaired) electrons. The minimum Gasteiger partial charge on any atom is -0.311 e. The molecule has 1 fully saturated rings. The van der Waals surface area contributed by atoms with Crippen molar-refractivity contribution in [2.24, 2.45) is 0 Å². The number of rotatable bonds is 2. The van der Waals surface area contributed by atoms with Crippen LogP contribution >= 0.6 is 0 Å². The molecule has 1 atom stereocenters. The molecule has 5 heteroatoms. The van der Waals surface area contributed by atoms with E-state index in [9.17, 15) is 13.2 Å². The maximum absolute atomic E-state index is 12.1. The van der Waals surface area contributed by atoms with Gasteiger partial charge in [0.2, 0.25) is 0 Å². The highest BCUT2D eigenvalue weighted by molar-refractivity contribution is 4.81. The second-order valence-electron chi connectivity index (χ2n) is 4.06. The molecule has 1 N–H and O–H groups in total. The lowest BCUT2D eigenvalue weighted by molar-refractivity contribution is -0.142. The van der Waals surface area contributed by atoms with Crippen molar-refractivity contribution in [3.63, 3.8) is 0 Å². The van der Waals surface area contributed by atoms with Gasteiger partial charge in [0.15, 0.2) is 0 Å². The molecule has 0 unspecified atom stereocenters. The van der Waals surface area contributed by atoms with E-state index in [1.807, 2.05) is 13.8 Å². The molecule has 14 heavy (non-hydrogen) atoms. The van der Waals surface area contributed by atoms with Gasteiger partial charge in [-0.05, 0) is 13.8 Å². The highest BCUT2D eigenvalue weighted by Crippen LogP contribution is 2.23. The van der Waals surface area contributed by atoms with Crippen LogP contribution in [0.5, 0.6) is 0 Å². The van der Waals surface area contributed by atoms with Gasteiger partial charge in [-0.15, -0.1) is 0 Å². The van der Waals surface area contributed by atoms with Gasteiger partial charge >= 0.3 is 6.18 Å². The summed E-state index contributed by atoms with van der Waals surface area (Å²) >= 11 is 0. The molecule has 2 nitrogen and oxygen atoms in total. The van der Waals surface area contributed by atoms with E-state index in [0.29, 0.717) is 19.1 Å². The third kappa shape index (κ3) is 3.84. The van der Waals surface area contributed by atoms with Crippen molar-refractivity contribution in [1.29, 1.82) is 0 Å². The Balaban J connectivity index is 2.40. The second kappa shape index (κ2) is 4.49. The van der Waals surface area contributed by atoms with Gasteiger partial charge in [0.25, 0.3) is 0 Å². The molecule has 1 heterocycles. The first-order chi connectivity index (χ1) is 6.38. The number of piperazine rings is 1. The Hall–Kier alpha value is -0.290. The molecule has 0 aromatic rings. The van der Waals surface area contributed by atoms with Crippen LogP contribution in [0.25, 0.3) is 0 Å². The third-order valence-electron chi connectivity index (χ3n) is 2.50. The molecule has 1 rings (SSSR count). The zero-order valence-electron chi connectivity index (χ0n) is 8.56. The average Bonchev–Trinajstić information content (AvgIpc) is 2.01. The molecule has 1 aliphatic rings.